The van der Waals surface area contributed by atoms with Crippen molar-refractivity contribution < 1.29 is 17.9 Å². The van der Waals surface area contributed by atoms with Gasteiger partial charge < -0.3 is 9.47 Å². The quantitative estimate of drug-likeness (QED) is 0.845. The molecule has 0 amide bonds. The third kappa shape index (κ3) is 4.71. The first-order valence-corrected chi connectivity index (χ1v) is 8.86. The van der Waals surface area contributed by atoms with Crippen LogP contribution in [0.25, 0.3) is 0 Å². The SMILES string of the molecule is COc1ccc([C@@H](C)NS(=O)(=O)Cc2ccccc2)cc1OC. The van der Waals surface area contributed by atoms with Crippen molar-refractivity contribution in [2.75, 3.05) is 14.2 Å². The maximum absolute atomic E-state index is 12.3. The summed E-state index contributed by atoms with van der Waals surface area (Å²) in [5.74, 6) is 1.13. The molecule has 5 nitrogen and oxygen atoms in total. The molecule has 0 unspecified atom stereocenters. The summed E-state index contributed by atoms with van der Waals surface area (Å²) in [7, 11) is -0.333. The van der Waals surface area contributed by atoms with Crippen LogP contribution in [0.15, 0.2) is 48.5 Å². The maximum atomic E-state index is 12.3. The van der Waals surface area contributed by atoms with Gasteiger partial charge in [0.1, 0.15) is 0 Å². The molecular weight excluding hydrogens is 314 g/mol. The molecule has 2 rings (SSSR count). The lowest BCUT2D eigenvalue weighted by Crippen LogP contribution is -2.28. The Morgan fingerprint density at radius 1 is 1.00 bits per heavy atom. The Balaban J connectivity index is 2.13. The average molecular weight is 335 g/mol. The van der Waals surface area contributed by atoms with Gasteiger partial charge in [0.25, 0.3) is 0 Å². The van der Waals surface area contributed by atoms with Crippen molar-refractivity contribution in [1.29, 1.82) is 0 Å². The molecule has 0 aliphatic carbocycles. The van der Waals surface area contributed by atoms with Crippen LogP contribution in [0, 0.1) is 0 Å². The molecule has 0 saturated carbocycles. The van der Waals surface area contributed by atoms with Gasteiger partial charge in [-0.15, -0.1) is 0 Å². The summed E-state index contributed by atoms with van der Waals surface area (Å²) in [6.45, 7) is 1.80. The first-order chi connectivity index (χ1) is 10.9. The topological polar surface area (TPSA) is 64.6 Å². The minimum Gasteiger partial charge on any atom is -0.493 e. The first kappa shape index (κ1) is 17.3. The second-order valence-corrected chi connectivity index (χ2v) is 6.95. The number of hydrogen-bond donors (Lipinski definition) is 1. The Bertz CT molecular complexity index is 744. The monoisotopic (exact) mass is 335 g/mol. The third-order valence-corrected chi connectivity index (χ3v) is 4.89. The Labute approximate surface area is 137 Å². The summed E-state index contributed by atoms with van der Waals surface area (Å²) in [4.78, 5) is 0. The van der Waals surface area contributed by atoms with Crippen molar-refractivity contribution in [2.45, 2.75) is 18.7 Å². The average Bonchev–Trinajstić information content (AvgIpc) is 2.54. The third-order valence-electron chi connectivity index (χ3n) is 3.46. The molecule has 124 valence electrons. The predicted molar refractivity (Wildman–Crippen MR) is 90.2 cm³/mol. The molecule has 2 aromatic carbocycles. The number of nitrogens with one attached hydrogen (secondary N) is 1. The molecule has 6 heteroatoms. The molecule has 0 spiro atoms. The molecule has 1 atom stereocenters. The molecule has 0 aromatic heterocycles. The van der Waals surface area contributed by atoms with E-state index in [0.29, 0.717) is 11.5 Å². The van der Waals surface area contributed by atoms with Gasteiger partial charge in [-0.25, -0.2) is 13.1 Å². The molecule has 0 aliphatic heterocycles. The van der Waals surface area contributed by atoms with Gasteiger partial charge in [0, 0.05) is 6.04 Å². The minimum absolute atomic E-state index is 0.0501. The standard InChI is InChI=1S/C17H21NO4S/c1-13(15-9-10-16(21-2)17(11-15)22-3)18-23(19,20)12-14-7-5-4-6-8-14/h4-11,13,18H,12H2,1-3H3/t13-/m1/s1. The maximum Gasteiger partial charge on any atom is 0.216 e. The smallest absolute Gasteiger partial charge is 0.216 e. The van der Waals surface area contributed by atoms with Gasteiger partial charge in [-0.3, -0.25) is 0 Å². The molecule has 0 radical (unpaired) electrons. The molecule has 23 heavy (non-hydrogen) atoms. The second kappa shape index (κ2) is 7.48. The van der Waals surface area contributed by atoms with Crippen molar-refractivity contribution in [3.05, 3.63) is 59.7 Å². The van der Waals surface area contributed by atoms with Gasteiger partial charge in [0.15, 0.2) is 11.5 Å². The molecule has 0 fully saturated rings. The van der Waals surface area contributed by atoms with Gasteiger partial charge >= 0.3 is 0 Å². The lowest BCUT2D eigenvalue weighted by atomic mass is 10.1. The Hall–Kier alpha value is -2.05. The minimum atomic E-state index is -3.44. The second-order valence-electron chi connectivity index (χ2n) is 5.20. The van der Waals surface area contributed by atoms with E-state index in [1.54, 1.807) is 45.4 Å². The van der Waals surface area contributed by atoms with E-state index < -0.39 is 10.0 Å². The lowest BCUT2D eigenvalue weighted by molar-refractivity contribution is 0.354. The predicted octanol–water partition coefficient (Wildman–Crippen LogP) is 2.88. The zero-order chi connectivity index (χ0) is 16.9. The summed E-state index contributed by atoms with van der Waals surface area (Å²) in [6, 6.07) is 14.1. The van der Waals surface area contributed by atoms with Crippen LogP contribution in [0.4, 0.5) is 0 Å². The van der Waals surface area contributed by atoms with E-state index in [1.165, 1.54) is 0 Å². The van der Waals surface area contributed by atoms with E-state index in [0.717, 1.165) is 11.1 Å². The highest BCUT2D eigenvalue weighted by molar-refractivity contribution is 7.88. The van der Waals surface area contributed by atoms with Gasteiger partial charge in [0.2, 0.25) is 10.0 Å². The van der Waals surface area contributed by atoms with Crippen molar-refractivity contribution in [3.63, 3.8) is 0 Å². The molecule has 0 aliphatic rings. The molecule has 2 aromatic rings. The fraction of sp³-hybridized carbons (Fsp3) is 0.294. The number of ether oxygens (including phenoxy) is 2. The summed E-state index contributed by atoms with van der Waals surface area (Å²) >= 11 is 0. The van der Waals surface area contributed by atoms with Crippen LogP contribution in [-0.2, 0) is 15.8 Å². The number of rotatable bonds is 7. The fourth-order valence-electron chi connectivity index (χ4n) is 2.29. The fourth-order valence-corrected chi connectivity index (χ4v) is 3.68. The van der Waals surface area contributed by atoms with Crippen LogP contribution >= 0.6 is 0 Å². The largest absolute Gasteiger partial charge is 0.493 e. The highest BCUT2D eigenvalue weighted by atomic mass is 32.2. The summed E-state index contributed by atoms with van der Waals surface area (Å²) in [5.41, 5.74) is 1.55. The van der Waals surface area contributed by atoms with E-state index in [-0.39, 0.29) is 11.8 Å². The summed E-state index contributed by atoms with van der Waals surface area (Å²) < 4.78 is 37.7. The molecule has 0 heterocycles. The van der Waals surface area contributed by atoms with Crippen molar-refractivity contribution in [1.82, 2.24) is 4.72 Å². The van der Waals surface area contributed by atoms with Crippen molar-refractivity contribution in [2.24, 2.45) is 0 Å². The summed E-state index contributed by atoms with van der Waals surface area (Å²) in [5, 5.41) is 0. The highest BCUT2D eigenvalue weighted by Gasteiger charge is 2.17. The molecule has 1 N–H and O–H groups in total. The Morgan fingerprint density at radius 2 is 1.65 bits per heavy atom. The van der Waals surface area contributed by atoms with Crippen LogP contribution in [-0.4, -0.2) is 22.6 Å². The van der Waals surface area contributed by atoms with Crippen molar-refractivity contribution in [3.8, 4) is 11.5 Å². The van der Waals surface area contributed by atoms with Crippen LogP contribution in [0.3, 0.4) is 0 Å². The Morgan fingerprint density at radius 3 is 2.26 bits per heavy atom. The van der Waals surface area contributed by atoms with Crippen LogP contribution in [0.2, 0.25) is 0 Å². The van der Waals surface area contributed by atoms with E-state index >= 15 is 0 Å². The summed E-state index contributed by atoms with van der Waals surface area (Å²) in [6.07, 6.45) is 0. The van der Waals surface area contributed by atoms with E-state index in [9.17, 15) is 8.42 Å². The van der Waals surface area contributed by atoms with Gasteiger partial charge in [-0.2, -0.15) is 0 Å². The first-order valence-electron chi connectivity index (χ1n) is 7.21. The number of methoxy groups -OCH3 is 2. The van der Waals surface area contributed by atoms with E-state index in [1.807, 2.05) is 24.3 Å². The number of sulfonamides is 1. The highest BCUT2D eigenvalue weighted by Crippen LogP contribution is 2.30. The van der Waals surface area contributed by atoms with Gasteiger partial charge in [-0.1, -0.05) is 36.4 Å². The number of hydrogen-bond acceptors (Lipinski definition) is 4. The van der Waals surface area contributed by atoms with Crippen LogP contribution in [0.5, 0.6) is 11.5 Å². The molecule has 0 bridgehead atoms. The van der Waals surface area contributed by atoms with Crippen LogP contribution in [0.1, 0.15) is 24.1 Å². The van der Waals surface area contributed by atoms with Crippen LogP contribution < -0.4 is 14.2 Å². The zero-order valence-electron chi connectivity index (χ0n) is 13.4. The normalized spacial score (nSPS) is 12.7. The molecular formula is C17H21NO4S. The van der Waals surface area contributed by atoms with Crippen molar-refractivity contribution >= 4 is 10.0 Å². The Kier molecular flexibility index (Phi) is 5.63. The molecule has 0 saturated heterocycles. The lowest BCUT2D eigenvalue weighted by Gasteiger charge is -2.16. The zero-order valence-corrected chi connectivity index (χ0v) is 14.3. The number of benzene rings is 2. The van der Waals surface area contributed by atoms with Gasteiger partial charge in [-0.05, 0) is 30.2 Å². The van der Waals surface area contributed by atoms with E-state index in [4.69, 9.17) is 9.47 Å². The van der Waals surface area contributed by atoms with Gasteiger partial charge in [0.05, 0.1) is 20.0 Å². The van der Waals surface area contributed by atoms with E-state index in [2.05, 4.69) is 4.72 Å².